The van der Waals surface area contributed by atoms with Gasteiger partial charge < -0.3 is 0 Å². The number of hydrogen-bond donors (Lipinski definition) is 0. The maximum absolute atomic E-state index is 9.67. The predicted molar refractivity (Wildman–Crippen MR) is 7.11 cm³/mol. The summed E-state index contributed by atoms with van der Waals surface area (Å²) in [7, 11) is 0. The minimum Gasteiger partial charge on any atom is -0.174 e. The second-order valence-corrected chi connectivity index (χ2v) is 0.247. The maximum atomic E-state index is 9.67. The molecule has 0 radical (unpaired) electrons. The smallest absolute Gasteiger partial charge is 0.174 e. The maximum Gasteiger partial charge on any atom is 0.379 e. The average Bonchev–Trinajstić information content (AvgIpc) is 0.811. The Hall–Kier alpha value is 1.13. The third-order valence-corrected chi connectivity index (χ3v) is 0. The van der Waals surface area contributed by atoms with Crippen LogP contribution in [0.25, 0.3) is 0 Å². The monoisotopic (exact) mass is 222 g/mol. The van der Waals surface area contributed by atoms with Crippen molar-refractivity contribution in [2.24, 2.45) is 0 Å². The molecule has 0 aromatic carbocycles. The van der Waals surface area contributed by atoms with E-state index in [1.165, 1.54) is 0 Å². The van der Waals surface area contributed by atoms with Crippen LogP contribution in [0.2, 0.25) is 0 Å². The molecule has 0 rings (SSSR count). The SMILES string of the molecule is FC(F)F.[Sm]. The van der Waals surface area contributed by atoms with Crippen LogP contribution in [0.4, 0.5) is 13.2 Å². The van der Waals surface area contributed by atoms with Gasteiger partial charge in [0.05, 0.1) is 0 Å². The molecule has 0 aromatic heterocycles. The summed E-state index contributed by atoms with van der Waals surface area (Å²) in [5.74, 6) is 0. The van der Waals surface area contributed by atoms with Crippen LogP contribution >= 0.6 is 0 Å². The van der Waals surface area contributed by atoms with Crippen LogP contribution in [0.1, 0.15) is 0 Å². The van der Waals surface area contributed by atoms with Gasteiger partial charge in [0.2, 0.25) is 0 Å². The molecule has 0 saturated heterocycles. The van der Waals surface area contributed by atoms with Crippen molar-refractivity contribution in [3.8, 4) is 0 Å². The van der Waals surface area contributed by atoms with Crippen molar-refractivity contribution < 1.29 is 53.6 Å². The fourth-order valence-corrected chi connectivity index (χ4v) is 0. The van der Waals surface area contributed by atoms with E-state index in [2.05, 4.69) is 0 Å². The van der Waals surface area contributed by atoms with Crippen molar-refractivity contribution in [3.63, 3.8) is 0 Å². The number of hydrogen-bond acceptors (Lipinski definition) is 0. The van der Waals surface area contributed by atoms with E-state index < -0.39 is 6.68 Å². The number of alkyl halides is 3. The third-order valence-electron chi connectivity index (χ3n) is 0. The zero-order valence-electron chi connectivity index (χ0n) is 2.12. The molecule has 0 N–H and O–H groups in total. The van der Waals surface area contributed by atoms with Gasteiger partial charge in [-0.05, 0) is 0 Å². The molecule has 32 valence electrons. The van der Waals surface area contributed by atoms with Crippen LogP contribution in [-0.4, -0.2) is 6.68 Å². The van der Waals surface area contributed by atoms with E-state index in [0.29, 0.717) is 0 Å². The Bertz CT molecular complexity index is 11.6. The standard InChI is InChI=1S/CHF3.Sm/c2-1(3)4;/h1H;. The predicted octanol–water partition coefficient (Wildman–Crippen LogP) is 1.18. The van der Waals surface area contributed by atoms with Gasteiger partial charge in [-0.2, -0.15) is 13.2 Å². The normalized spacial score (nSPS) is 7.20. The quantitative estimate of drug-likeness (QED) is 0.575. The van der Waals surface area contributed by atoms with Gasteiger partial charge in [0.25, 0.3) is 0 Å². The summed E-state index contributed by atoms with van der Waals surface area (Å²) < 4.78 is 29.0. The van der Waals surface area contributed by atoms with Crippen LogP contribution in [0.5, 0.6) is 0 Å². The Morgan fingerprint density at radius 3 is 1.00 bits per heavy atom. The van der Waals surface area contributed by atoms with Crippen LogP contribution in [0.15, 0.2) is 0 Å². The van der Waals surface area contributed by atoms with Gasteiger partial charge in [-0.15, -0.1) is 0 Å². The molecule has 0 nitrogen and oxygen atoms in total. The first-order valence-corrected chi connectivity index (χ1v) is 0.655. The zero-order valence-corrected chi connectivity index (χ0v) is 4.74. The molecule has 0 aromatic rings. The molecule has 0 saturated carbocycles. The number of rotatable bonds is 0. The van der Waals surface area contributed by atoms with Gasteiger partial charge in [0.15, 0.2) is 0 Å². The Morgan fingerprint density at radius 1 is 1.00 bits per heavy atom. The molecule has 0 aliphatic heterocycles. The summed E-state index contributed by atoms with van der Waals surface area (Å²) in [6.45, 7) is -3.67. The summed E-state index contributed by atoms with van der Waals surface area (Å²) in [5.41, 5.74) is 0. The van der Waals surface area contributed by atoms with E-state index in [-0.39, 0.29) is 40.4 Å². The topological polar surface area (TPSA) is 0 Å². The van der Waals surface area contributed by atoms with Crippen LogP contribution in [0.3, 0.4) is 0 Å². The average molecular weight is 220 g/mol. The van der Waals surface area contributed by atoms with Crippen LogP contribution < -0.4 is 0 Å². The molecule has 4 heteroatoms. The van der Waals surface area contributed by atoms with Gasteiger partial charge in [-0.3, -0.25) is 0 Å². The Kier molecular flexibility index (Phi) is 9.70. The van der Waals surface area contributed by atoms with Gasteiger partial charge in [-0.25, -0.2) is 0 Å². The van der Waals surface area contributed by atoms with E-state index in [1.54, 1.807) is 0 Å². The van der Waals surface area contributed by atoms with Gasteiger partial charge in [-0.1, -0.05) is 0 Å². The Labute approximate surface area is 59.8 Å². The van der Waals surface area contributed by atoms with E-state index in [0.717, 1.165) is 0 Å². The van der Waals surface area contributed by atoms with Crippen molar-refractivity contribution in [2.75, 3.05) is 0 Å². The first-order valence-electron chi connectivity index (χ1n) is 0.655. The minimum absolute atomic E-state index is 0. The van der Waals surface area contributed by atoms with Crippen molar-refractivity contribution in [3.05, 3.63) is 0 Å². The van der Waals surface area contributed by atoms with E-state index in [1.807, 2.05) is 0 Å². The largest absolute Gasteiger partial charge is 0.379 e. The van der Waals surface area contributed by atoms with Crippen molar-refractivity contribution in [1.82, 2.24) is 0 Å². The van der Waals surface area contributed by atoms with E-state index in [9.17, 15) is 13.2 Å². The third kappa shape index (κ3) is 39.4. The molecule has 0 unspecified atom stereocenters. The molecule has 0 bridgehead atoms. The summed E-state index contributed by atoms with van der Waals surface area (Å²) >= 11 is 0. The van der Waals surface area contributed by atoms with Crippen molar-refractivity contribution >= 4 is 0 Å². The Morgan fingerprint density at radius 2 is 1.00 bits per heavy atom. The molecule has 0 spiro atoms. The molecular weight excluding hydrogens is 219 g/mol. The molecule has 0 heterocycles. The molecule has 0 atom stereocenters. The first-order chi connectivity index (χ1) is 1.73. The van der Waals surface area contributed by atoms with Gasteiger partial charge in [0.1, 0.15) is 0 Å². The molecule has 0 aliphatic carbocycles. The molecule has 0 fully saturated rings. The van der Waals surface area contributed by atoms with E-state index >= 15 is 0 Å². The second kappa shape index (κ2) is 5.13. The molecule has 0 aliphatic rings. The Balaban J connectivity index is 0. The van der Waals surface area contributed by atoms with Gasteiger partial charge >= 0.3 is 6.68 Å². The molecular formula is CHF3Sm. The van der Waals surface area contributed by atoms with Crippen LogP contribution in [0, 0.1) is 40.4 Å². The summed E-state index contributed by atoms with van der Waals surface area (Å²) in [6.07, 6.45) is 0. The fourth-order valence-electron chi connectivity index (χ4n) is 0. The van der Waals surface area contributed by atoms with Crippen molar-refractivity contribution in [1.29, 1.82) is 0 Å². The summed E-state index contributed by atoms with van der Waals surface area (Å²) in [5, 5.41) is 0. The molecule has 5 heavy (non-hydrogen) atoms. The second-order valence-electron chi connectivity index (χ2n) is 0.247. The summed E-state index contributed by atoms with van der Waals surface area (Å²) in [6, 6.07) is 0. The number of halogens is 3. The first kappa shape index (κ1) is 9.46. The summed E-state index contributed by atoms with van der Waals surface area (Å²) in [4.78, 5) is 0. The van der Waals surface area contributed by atoms with Gasteiger partial charge in [0, 0.05) is 40.4 Å². The van der Waals surface area contributed by atoms with E-state index in [4.69, 9.17) is 0 Å². The minimum atomic E-state index is -3.67. The van der Waals surface area contributed by atoms with Crippen molar-refractivity contribution in [2.45, 2.75) is 6.68 Å². The zero-order chi connectivity index (χ0) is 3.58. The van der Waals surface area contributed by atoms with Crippen LogP contribution in [-0.2, 0) is 0 Å². The molecule has 0 amide bonds. The fraction of sp³-hybridized carbons (Fsp3) is 1.00.